The van der Waals surface area contributed by atoms with Crippen molar-refractivity contribution in [1.82, 2.24) is 0 Å². The maximum absolute atomic E-state index is 14.0. The van der Waals surface area contributed by atoms with Crippen molar-refractivity contribution in [3.63, 3.8) is 0 Å². The fraction of sp³-hybridized carbons (Fsp3) is 0.118. The first kappa shape index (κ1) is 18.1. The Labute approximate surface area is 157 Å². The minimum Gasteiger partial charge on any atom is -0.320 e. The molecule has 25 heavy (non-hydrogen) atoms. The summed E-state index contributed by atoms with van der Waals surface area (Å²) in [6.45, 7) is 1.76. The van der Waals surface area contributed by atoms with Gasteiger partial charge in [-0.25, -0.2) is 4.39 Å². The number of alkyl halides is 3. The predicted octanol–water partition coefficient (Wildman–Crippen LogP) is 6.17. The monoisotopic (exact) mass is 477 g/mol. The number of hydrogen-bond donors (Lipinski definition) is 1. The molecule has 8 heteroatoms. The van der Waals surface area contributed by atoms with E-state index in [2.05, 4.69) is 37.2 Å². The van der Waals surface area contributed by atoms with E-state index in [0.717, 1.165) is 17.7 Å². The molecule has 1 amide bonds. The van der Waals surface area contributed by atoms with Crippen molar-refractivity contribution in [3.8, 4) is 0 Å². The van der Waals surface area contributed by atoms with E-state index >= 15 is 0 Å². The molecular formula is C17H9Br2F4NO. The molecule has 2 nitrogen and oxygen atoms in total. The van der Waals surface area contributed by atoms with Crippen molar-refractivity contribution >= 4 is 55.1 Å². The average Bonchev–Trinajstić information content (AvgIpc) is 2.84. The van der Waals surface area contributed by atoms with Gasteiger partial charge >= 0.3 is 6.18 Å². The number of halogens is 6. The largest absolute Gasteiger partial charge is 0.416 e. The lowest BCUT2D eigenvalue weighted by molar-refractivity contribution is -0.137. The fourth-order valence-electron chi connectivity index (χ4n) is 2.60. The highest BCUT2D eigenvalue weighted by Gasteiger charge is 2.32. The highest BCUT2D eigenvalue weighted by molar-refractivity contribution is 9.11. The molecule has 0 aromatic heterocycles. The Bertz CT molecular complexity index is 935. The number of hydrogen-bond acceptors (Lipinski definition) is 1. The normalized spacial score (nSPS) is 15.5. The van der Waals surface area contributed by atoms with E-state index < -0.39 is 23.5 Å². The minimum atomic E-state index is -4.60. The first-order valence-electron chi connectivity index (χ1n) is 6.98. The van der Waals surface area contributed by atoms with E-state index in [1.807, 2.05) is 0 Å². The summed E-state index contributed by atoms with van der Waals surface area (Å²) in [5.74, 6) is -1.35. The highest BCUT2D eigenvalue weighted by Crippen LogP contribution is 2.43. The maximum atomic E-state index is 14.0. The Morgan fingerprint density at radius 2 is 1.80 bits per heavy atom. The van der Waals surface area contributed by atoms with Gasteiger partial charge in [-0.15, -0.1) is 0 Å². The van der Waals surface area contributed by atoms with E-state index in [1.54, 1.807) is 13.0 Å². The predicted molar refractivity (Wildman–Crippen MR) is 94.5 cm³/mol. The Kier molecular flexibility index (Phi) is 4.53. The van der Waals surface area contributed by atoms with E-state index in [-0.39, 0.29) is 11.1 Å². The summed E-state index contributed by atoms with van der Waals surface area (Å²) in [4.78, 5) is 12.3. The SMILES string of the molecule is Cc1c(Br)cc(Br)c2c1C(=Cc1cc(C(F)(F)F)ccc1F)C(=O)N2. The van der Waals surface area contributed by atoms with Crippen LogP contribution in [-0.4, -0.2) is 5.91 Å². The van der Waals surface area contributed by atoms with Gasteiger partial charge in [0.25, 0.3) is 5.91 Å². The van der Waals surface area contributed by atoms with Crippen LogP contribution in [-0.2, 0) is 11.0 Å². The second-order valence-electron chi connectivity index (χ2n) is 5.46. The Hall–Kier alpha value is -1.67. The van der Waals surface area contributed by atoms with Crippen LogP contribution in [0.5, 0.6) is 0 Å². The number of benzene rings is 2. The summed E-state index contributed by atoms with van der Waals surface area (Å²) >= 11 is 6.70. The molecule has 3 rings (SSSR count). The molecule has 2 aromatic rings. The molecule has 1 aliphatic rings. The lowest BCUT2D eigenvalue weighted by atomic mass is 9.98. The first-order valence-corrected chi connectivity index (χ1v) is 8.57. The van der Waals surface area contributed by atoms with Crippen LogP contribution < -0.4 is 5.32 Å². The summed E-state index contributed by atoms with van der Waals surface area (Å²) in [5, 5.41) is 2.65. The smallest absolute Gasteiger partial charge is 0.320 e. The molecule has 0 unspecified atom stereocenters. The first-order chi connectivity index (χ1) is 11.6. The molecular weight excluding hydrogens is 470 g/mol. The molecule has 1 heterocycles. The standard InChI is InChI=1S/C17H9Br2F4NO/c1-7-11(18)6-12(19)15-14(7)10(16(25)24-15)5-8-4-9(17(21,22)23)2-3-13(8)20/h2-6H,1H3,(H,24,25). The van der Waals surface area contributed by atoms with Crippen LogP contribution in [0.4, 0.5) is 23.2 Å². The van der Waals surface area contributed by atoms with Gasteiger partial charge in [0.2, 0.25) is 0 Å². The van der Waals surface area contributed by atoms with Crippen LogP contribution in [0.25, 0.3) is 11.6 Å². The van der Waals surface area contributed by atoms with Crippen molar-refractivity contribution in [1.29, 1.82) is 0 Å². The second-order valence-corrected chi connectivity index (χ2v) is 7.17. The molecule has 0 fully saturated rings. The molecule has 0 saturated carbocycles. The maximum Gasteiger partial charge on any atom is 0.416 e. The Morgan fingerprint density at radius 1 is 1.12 bits per heavy atom. The Morgan fingerprint density at radius 3 is 2.44 bits per heavy atom. The topological polar surface area (TPSA) is 29.1 Å². The van der Waals surface area contributed by atoms with Gasteiger partial charge in [-0.1, -0.05) is 15.9 Å². The molecule has 130 valence electrons. The Balaban J connectivity index is 2.21. The van der Waals surface area contributed by atoms with E-state index in [4.69, 9.17) is 0 Å². The fourth-order valence-corrected chi connectivity index (χ4v) is 3.86. The van der Waals surface area contributed by atoms with E-state index in [9.17, 15) is 22.4 Å². The molecule has 0 radical (unpaired) electrons. The number of nitrogens with one attached hydrogen (secondary N) is 1. The number of fused-ring (bicyclic) bond motifs is 1. The van der Waals surface area contributed by atoms with Crippen molar-refractivity contribution in [2.45, 2.75) is 13.1 Å². The summed E-state index contributed by atoms with van der Waals surface area (Å²) in [7, 11) is 0. The molecule has 2 aromatic carbocycles. The second kappa shape index (κ2) is 6.25. The van der Waals surface area contributed by atoms with Crippen LogP contribution in [0.1, 0.15) is 22.3 Å². The van der Waals surface area contributed by atoms with Crippen molar-refractivity contribution in [2.24, 2.45) is 0 Å². The van der Waals surface area contributed by atoms with Gasteiger partial charge in [0.15, 0.2) is 0 Å². The van der Waals surface area contributed by atoms with Crippen LogP contribution in [0.15, 0.2) is 33.2 Å². The number of carbonyl (C=O) groups is 1. The summed E-state index contributed by atoms with van der Waals surface area (Å²) in [5.41, 5.74) is 0.560. The van der Waals surface area contributed by atoms with Crippen LogP contribution in [0, 0.1) is 12.7 Å². The summed E-state index contributed by atoms with van der Waals surface area (Å²) in [6.07, 6.45) is -3.46. The molecule has 0 saturated heterocycles. The van der Waals surface area contributed by atoms with Crippen molar-refractivity contribution in [2.75, 3.05) is 5.32 Å². The quantitative estimate of drug-likeness (QED) is 0.385. The van der Waals surface area contributed by atoms with Gasteiger partial charge in [-0.3, -0.25) is 4.79 Å². The lowest BCUT2D eigenvalue weighted by Gasteiger charge is -2.10. The van der Waals surface area contributed by atoms with Gasteiger partial charge in [-0.05, 0) is 58.8 Å². The summed E-state index contributed by atoms with van der Waals surface area (Å²) in [6, 6.07) is 3.85. The zero-order valence-corrected chi connectivity index (χ0v) is 15.7. The van der Waals surface area contributed by atoms with Crippen LogP contribution in [0.3, 0.4) is 0 Å². The van der Waals surface area contributed by atoms with Crippen molar-refractivity contribution < 1.29 is 22.4 Å². The lowest BCUT2D eigenvalue weighted by Crippen LogP contribution is -2.06. The third-order valence-corrected chi connectivity index (χ3v) is 5.30. The molecule has 1 aliphatic heterocycles. The molecule has 0 spiro atoms. The van der Waals surface area contributed by atoms with Crippen LogP contribution in [0.2, 0.25) is 0 Å². The van der Waals surface area contributed by atoms with Gasteiger partial charge in [0.1, 0.15) is 5.82 Å². The molecule has 0 aliphatic carbocycles. The third kappa shape index (κ3) is 3.25. The van der Waals surface area contributed by atoms with Gasteiger partial charge < -0.3 is 5.32 Å². The van der Waals surface area contributed by atoms with Crippen LogP contribution >= 0.6 is 31.9 Å². The molecule has 0 bridgehead atoms. The highest BCUT2D eigenvalue weighted by atomic mass is 79.9. The van der Waals surface area contributed by atoms with E-state index in [1.165, 1.54) is 0 Å². The molecule has 0 atom stereocenters. The number of rotatable bonds is 1. The number of carbonyl (C=O) groups excluding carboxylic acids is 1. The average molecular weight is 479 g/mol. The zero-order valence-electron chi connectivity index (χ0n) is 12.6. The zero-order chi connectivity index (χ0) is 18.5. The third-order valence-electron chi connectivity index (χ3n) is 3.85. The van der Waals surface area contributed by atoms with Crippen molar-refractivity contribution in [3.05, 3.63) is 61.3 Å². The van der Waals surface area contributed by atoms with Gasteiger partial charge in [0, 0.05) is 20.1 Å². The van der Waals surface area contributed by atoms with Gasteiger partial charge in [0.05, 0.1) is 16.8 Å². The van der Waals surface area contributed by atoms with E-state index in [0.29, 0.717) is 32.3 Å². The molecule has 1 N–H and O–H groups in total. The summed E-state index contributed by atoms with van der Waals surface area (Å²) < 4.78 is 53.9. The number of anilines is 1. The number of amides is 1. The van der Waals surface area contributed by atoms with Gasteiger partial charge in [-0.2, -0.15) is 13.2 Å². The minimum absolute atomic E-state index is 0.104.